The molecule has 0 heterocycles. The van der Waals surface area contributed by atoms with Crippen LogP contribution < -0.4 is 20.1 Å². The van der Waals surface area contributed by atoms with Crippen LogP contribution in [0.3, 0.4) is 0 Å². The summed E-state index contributed by atoms with van der Waals surface area (Å²) in [6.45, 7) is 4.42. The lowest BCUT2D eigenvalue weighted by atomic mass is 10.1. The van der Waals surface area contributed by atoms with E-state index in [1.807, 2.05) is 62.4 Å². The molecule has 0 saturated carbocycles. The number of hydrogen-bond acceptors (Lipinski definition) is 4. The van der Waals surface area contributed by atoms with Crippen molar-refractivity contribution in [2.24, 2.45) is 0 Å². The predicted molar refractivity (Wildman–Crippen MR) is 114 cm³/mol. The number of ether oxygens (including phenoxy) is 2. The van der Waals surface area contributed by atoms with Crippen LogP contribution in [0.4, 0.5) is 0 Å². The van der Waals surface area contributed by atoms with Crippen molar-refractivity contribution >= 4 is 17.9 Å². The summed E-state index contributed by atoms with van der Waals surface area (Å²) in [6, 6.07) is 14.8. The highest BCUT2D eigenvalue weighted by molar-refractivity contribution is 5.94. The summed E-state index contributed by atoms with van der Waals surface area (Å²) in [5, 5.41) is 5.45. The van der Waals surface area contributed by atoms with E-state index in [1.54, 1.807) is 13.2 Å². The zero-order valence-electron chi connectivity index (χ0n) is 17.1. The molecule has 0 aliphatic rings. The summed E-state index contributed by atoms with van der Waals surface area (Å²) in [5.41, 5.74) is 1.80. The molecule has 6 heteroatoms. The third-order valence-electron chi connectivity index (χ3n) is 4.18. The maximum atomic E-state index is 12.2. The van der Waals surface area contributed by atoms with Gasteiger partial charge in [0.2, 0.25) is 11.8 Å². The van der Waals surface area contributed by atoms with Crippen LogP contribution in [0, 0.1) is 0 Å². The molecule has 1 atom stereocenters. The third-order valence-corrected chi connectivity index (χ3v) is 4.18. The van der Waals surface area contributed by atoms with Crippen molar-refractivity contribution in [2.45, 2.75) is 26.3 Å². The van der Waals surface area contributed by atoms with Gasteiger partial charge in [0, 0.05) is 6.08 Å². The molecule has 0 fully saturated rings. The first kappa shape index (κ1) is 22.0. The van der Waals surface area contributed by atoms with Crippen molar-refractivity contribution in [1.82, 2.24) is 10.6 Å². The summed E-state index contributed by atoms with van der Waals surface area (Å²) in [6.07, 6.45) is 4.01. The summed E-state index contributed by atoms with van der Waals surface area (Å²) < 4.78 is 11.0. The molecular formula is C23H28N2O4. The zero-order valence-corrected chi connectivity index (χ0v) is 17.1. The van der Waals surface area contributed by atoms with E-state index in [1.165, 1.54) is 6.08 Å². The second-order valence-corrected chi connectivity index (χ2v) is 6.51. The van der Waals surface area contributed by atoms with Crippen molar-refractivity contribution in [3.63, 3.8) is 0 Å². The van der Waals surface area contributed by atoms with Gasteiger partial charge in [0.05, 0.1) is 26.3 Å². The molecule has 0 spiro atoms. The molecule has 0 saturated heterocycles. The topological polar surface area (TPSA) is 76.7 Å². The van der Waals surface area contributed by atoms with Crippen LogP contribution >= 0.6 is 0 Å². The highest BCUT2D eigenvalue weighted by Gasteiger charge is 2.13. The van der Waals surface area contributed by atoms with Crippen LogP contribution in [0.5, 0.6) is 11.5 Å². The van der Waals surface area contributed by atoms with Crippen LogP contribution in [-0.4, -0.2) is 32.1 Å². The van der Waals surface area contributed by atoms with Gasteiger partial charge in [0.15, 0.2) is 11.5 Å². The Labute approximate surface area is 171 Å². The average molecular weight is 396 g/mol. The van der Waals surface area contributed by atoms with E-state index in [0.717, 1.165) is 17.5 Å². The molecule has 2 amide bonds. The highest BCUT2D eigenvalue weighted by atomic mass is 16.5. The number of rotatable bonds is 10. The highest BCUT2D eigenvalue weighted by Crippen LogP contribution is 2.30. The van der Waals surface area contributed by atoms with Gasteiger partial charge in [-0.2, -0.15) is 0 Å². The Morgan fingerprint density at radius 2 is 1.86 bits per heavy atom. The summed E-state index contributed by atoms with van der Waals surface area (Å²) in [7, 11) is 1.58. The molecule has 0 aliphatic heterocycles. The minimum Gasteiger partial charge on any atom is -0.493 e. The molecule has 1 unspecified atom stereocenters. The lowest BCUT2D eigenvalue weighted by molar-refractivity contribution is -0.124. The lowest BCUT2D eigenvalue weighted by Gasteiger charge is -2.17. The predicted octanol–water partition coefficient (Wildman–Crippen LogP) is 3.49. The SMILES string of the molecule is CCCOc1ccc(C(C)NC(=O)CNC(=O)/C=C/c2ccccc2)cc1OC. The molecule has 0 radical (unpaired) electrons. The van der Waals surface area contributed by atoms with E-state index in [0.29, 0.717) is 18.1 Å². The van der Waals surface area contributed by atoms with Crippen LogP contribution in [0.25, 0.3) is 6.08 Å². The maximum Gasteiger partial charge on any atom is 0.244 e. The number of amides is 2. The number of nitrogens with one attached hydrogen (secondary N) is 2. The normalized spacial score (nSPS) is 11.7. The average Bonchev–Trinajstić information content (AvgIpc) is 2.75. The van der Waals surface area contributed by atoms with E-state index in [-0.39, 0.29) is 24.4 Å². The van der Waals surface area contributed by atoms with E-state index in [2.05, 4.69) is 10.6 Å². The maximum absolute atomic E-state index is 12.2. The molecular weight excluding hydrogens is 368 g/mol. The molecule has 2 aromatic carbocycles. The second kappa shape index (κ2) is 11.5. The molecule has 0 aliphatic carbocycles. The second-order valence-electron chi connectivity index (χ2n) is 6.51. The molecule has 0 aromatic heterocycles. The van der Waals surface area contributed by atoms with Crippen molar-refractivity contribution in [1.29, 1.82) is 0 Å². The quantitative estimate of drug-likeness (QED) is 0.603. The first-order chi connectivity index (χ1) is 14.0. The van der Waals surface area contributed by atoms with Crippen LogP contribution in [0.15, 0.2) is 54.6 Å². The number of carbonyl (C=O) groups excluding carboxylic acids is 2. The van der Waals surface area contributed by atoms with Gasteiger partial charge in [0.1, 0.15) is 0 Å². The number of carbonyl (C=O) groups is 2. The van der Waals surface area contributed by atoms with E-state index >= 15 is 0 Å². The van der Waals surface area contributed by atoms with E-state index in [4.69, 9.17) is 9.47 Å². The van der Waals surface area contributed by atoms with Crippen molar-refractivity contribution < 1.29 is 19.1 Å². The van der Waals surface area contributed by atoms with Crippen LogP contribution in [-0.2, 0) is 9.59 Å². The summed E-state index contributed by atoms with van der Waals surface area (Å²) in [4.78, 5) is 24.0. The Hall–Kier alpha value is -3.28. The van der Waals surface area contributed by atoms with Gasteiger partial charge in [-0.1, -0.05) is 43.3 Å². The van der Waals surface area contributed by atoms with Gasteiger partial charge in [-0.3, -0.25) is 9.59 Å². The van der Waals surface area contributed by atoms with Crippen LogP contribution in [0.1, 0.15) is 37.4 Å². The Morgan fingerprint density at radius 1 is 1.10 bits per heavy atom. The van der Waals surface area contributed by atoms with Gasteiger partial charge >= 0.3 is 0 Å². The van der Waals surface area contributed by atoms with Crippen molar-refractivity contribution in [3.05, 3.63) is 65.7 Å². The smallest absolute Gasteiger partial charge is 0.244 e. The Kier molecular flexibility index (Phi) is 8.76. The molecule has 0 bridgehead atoms. The summed E-state index contributed by atoms with van der Waals surface area (Å²) in [5.74, 6) is 0.700. The first-order valence-electron chi connectivity index (χ1n) is 9.64. The molecule has 2 aromatic rings. The number of hydrogen-bond donors (Lipinski definition) is 2. The van der Waals surface area contributed by atoms with Gasteiger partial charge in [-0.05, 0) is 42.7 Å². The number of benzene rings is 2. The van der Waals surface area contributed by atoms with Gasteiger partial charge in [0.25, 0.3) is 0 Å². The Bertz CT molecular complexity index is 834. The summed E-state index contributed by atoms with van der Waals surface area (Å²) >= 11 is 0. The molecule has 2 N–H and O–H groups in total. The Morgan fingerprint density at radius 3 is 2.55 bits per heavy atom. The lowest BCUT2D eigenvalue weighted by Crippen LogP contribution is -2.37. The van der Waals surface area contributed by atoms with Crippen molar-refractivity contribution in [2.75, 3.05) is 20.3 Å². The Balaban J connectivity index is 1.85. The van der Waals surface area contributed by atoms with Crippen molar-refractivity contribution in [3.8, 4) is 11.5 Å². The third kappa shape index (κ3) is 7.33. The monoisotopic (exact) mass is 396 g/mol. The fraction of sp³-hybridized carbons (Fsp3) is 0.304. The standard InChI is InChI=1S/C23H28N2O4/c1-4-14-29-20-12-11-19(15-21(20)28-3)17(2)25-23(27)16-24-22(26)13-10-18-8-6-5-7-9-18/h5-13,15,17H,4,14,16H2,1-3H3,(H,24,26)(H,25,27)/b13-10+. The molecule has 154 valence electrons. The van der Waals surface area contributed by atoms with E-state index in [9.17, 15) is 9.59 Å². The van der Waals surface area contributed by atoms with Gasteiger partial charge < -0.3 is 20.1 Å². The van der Waals surface area contributed by atoms with Gasteiger partial charge in [-0.25, -0.2) is 0 Å². The molecule has 2 rings (SSSR count). The minimum atomic E-state index is -0.323. The fourth-order valence-corrected chi connectivity index (χ4v) is 2.62. The fourth-order valence-electron chi connectivity index (χ4n) is 2.62. The zero-order chi connectivity index (χ0) is 21.1. The first-order valence-corrected chi connectivity index (χ1v) is 9.64. The number of methoxy groups -OCH3 is 1. The van der Waals surface area contributed by atoms with E-state index < -0.39 is 0 Å². The molecule has 29 heavy (non-hydrogen) atoms. The minimum absolute atomic E-state index is 0.100. The molecule has 6 nitrogen and oxygen atoms in total. The van der Waals surface area contributed by atoms with Gasteiger partial charge in [-0.15, -0.1) is 0 Å². The van der Waals surface area contributed by atoms with Crippen LogP contribution in [0.2, 0.25) is 0 Å². The largest absolute Gasteiger partial charge is 0.493 e.